The Balaban J connectivity index is 2.66. The van der Waals surface area contributed by atoms with Crippen molar-refractivity contribution in [2.24, 2.45) is 7.05 Å². The van der Waals surface area contributed by atoms with Crippen LogP contribution in [-0.4, -0.2) is 30.5 Å². The van der Waals surface area contributed by atoms with Crippen LogP contribution >= 0.6 is 0 Å². The third kappa shape index (κ3) is 1.96. The predicted octanol–water partition coefficient (Wildman–Crippen LogP) is 1.73. The van der Waals surface area contributed by atoms with Crippen molar-refractivity contribution in [3.63, 3.8) is 0 Å². The van der Waals surface area contributed by atoms with Crippen LogP contribution in [-0.2, 0) is 13.5 Å². The molecule has 0 aliphatic rings. The first kappa shape index (κ1) is 11.8. The summed E-state index contributed by atoms with van der Waals surface area (Å²) >= 11 is 0. The molecule has 1 aromatic carbocycles. The number of fused-ring (bicyclic) bond motifs is 1. The molecular formula is C13H17NO3. The highest BCUT2D eigenvalue weighted by Gasteiger charge is 2.12. The first-order valence-corrected chi connectivity index (χ1v) is 5.52. The number of benzene rings is 1. The van der Waals surface area contributed by atoms with Crippen LogP contribution in [0.5, 0.6) is 11.5 Å². The topological polar surface area (TPSA) is 43.6 Å². The molecule has 0 spiro atoms. The van der Waals surface area contributed by atoms with Gasteiger partial charge >= 0.3 is 0 Å². The molecule has 92 valence electrons. The summed E-state index contributed by atoms with van der Waals surface area (Å²) in [6.45, 7) is 0.146. The van der Waals surface area contributed by atoms with E-state index in [4.69, 9.17) is 14.6 Å². The first-order chi connectivity index (χ1) is 8.21. The zero-order chi connectivity index (χ0) is 12.4. The lowest BCUT2D eigenvalue weighted by atomic mass is 10.1. The van der Waals surface area contributed by atoms with Crippen LogP contribution < -0.4 is 9.47 Å². The second-order valence-electron chi connectivity index (χ2n) is 3.96. The molecule has 1 aromatic heterocycles. The fourth-order valence-electron chi connectivity index (χ4n) is 2.11. The molecule has 0 saturated heterocycles. The van der Waals surface area contributed by atoms with E-state index in [2.05, 4.69) is 0 Å². The van der Waals surface area contributed by atoms with Crippen LogP contribution in [0.2, 0.25) is 0 Å². The summed E-state index contributed by atoms with van der Waals surface area (Å²) in [6.07, 6.45) is 2.67. The van der Waals surface area contributed by atoms with E-state index in [0.717, 1.165) is 22.2 Å². The van der Waals surface area contributed by atoms with Crippen molar-refractivity contribution in [3.8, 4) is 11.5 Å². The number of aryl methyl sites for hydroxylation is 1. The van der Waals surface area contributed by atoms with Crippen molar-refractivity contribution in [1.82, 2.24) is 4.57 Å². The molecule has 0 aliphatic heterocycles. The van der Waals surface area contributed by atoms with Gasteiger partial charge in [-0.25, -0.2) is 0 Å². The largest absolute Gasteiger partial charge is 0.493 e. The molecule has 0 fully saturated rings. The molecule has 0 bridgehead atoms. The monoisotopic (exact) mass is 235 g/mol. The van der Waals surface area contributed by atoms with E-state index in [-0.39, 0.29) is 6.61 Å². The number of aliphatic hydroxyl groups excluding tert-OH is 1. The van der Waals surface area contributed by atoms with Gasteiger partial charge in [0.15, 0.2) is 11.5 Å². The van der Waals surface area contributed by atoms with Gasteiger partial charge < -0.3 is 19.1 Å². The Bertz CT molecular complexity index is 531. The highest BCUT2D eigenvalue weighted by Crippen LogP contribution is 2.34. The summed E-state index contributed by atoms with van der Waals surface area (Å²) in [5.74, 6) is 1.43. The number of ether oxygens (including phenoxy) is 2. The minimum atomic E-state index is 0.146. The van der Waals surface area contributed by atoms with Gasteiger partial charge in [0, 0.05) is 31.3 Å². The number of hydrogen-bond donors (Lipinski definition) is 1. The molecule has 0 unspecified atom stereocenters. The molecule has 4 heteroatoms. The normalized spacial score (nSPS) is 10.8. The fourth-order valence-corrected chi connectivity index (χ4v) is 2.11. The first-order valence-electron chi connectivity index (χ1n) is 5.52. The lowest BCUT2D eigenvalue weighted by Gasteiger charge is -2.08. The van der Waals surface area contributed by atoms with E-state index >= 15 is 0 Å². The molecule has 0 amide bonds. The molecule has 0 radical (unpaired) electrons. The average Bonchev–Trinajstić information content (AvgIpc) is 2.65. The van der Waals surface area contributed by atoms with Crippen LogP contribution in [0.3, 0.4) is 0 Å². The standard InChI is InChI=1S/C13H17NO3/c1-14-8-9(4-5-15)10-6-12(16-2)13(17-3)7-11(10)14/h6-8,15H,4-5H2,1-3H3. The Morgan fingerprint density at radius 1 is 1.18 bits per heavy atom. The lowest BCUT2D eigenvalue weighted by Crippen LogP contribution is -1.92. The molecule has 0 aliphatic carbocycles. The van der Waals surface area contributed by atoms with Gasteiger partial charge in [-0.2, -0.15) is 0 Å². The SMILES string of the molecule is COc1cc2c(CCO)cn(C)c2cc1OC. The number of aliphatic hydroxyl groups is 1. The Hall–Kier alpha value is -1.68. The summed E-state index contributed by atoms with van der Waals surface area (Å²) in [7, 11) is 5.23. The third-order valence-corrected chi connectivity index (χ3v) is 2.96. The molecule has 0 saturated carbocycles. The Morgan fingerprint density at radius 3 is 2.41 bits per heavy atom. The van der Waals surface area contributed by atoms with Crippen LogP contribution in [0.1, 0.15) is 5.56 Å². The van der Waals surface area contributed by atoms with Gasteiger partial charge in [-0.3, -0.25) is 0 Å². The minimum absolute atomic E-state index is 0.146. The second-order valence-corrected chi connectivity index (χ2v) is 3.96. The van der Waals surface area contributed by atoms with E-state index in [1.165, 1.54) is 0 Å². The Kier molecular flexibility index (Phi) is 3.24. The maximum Gasteiger partial charge on any atom is 0.162 e. The van der Waals surface area contributed by atoms with Crippen molar-refractivity contribution < 1.29 is 14.6 Å². The summed E-state index contributed by atoms with van der Waals surface area (Å²) in [5, 5.41) is 10.1. The van der Waals surface area contributed by atoms with E-state index in [0.29, 0.717) is 12.2 Å². The third-order valence-electron chi connectivity index (χ3n) is 2.96. The minimum Gasteiger partial charge on any atom is -0.493 e. The maximum atomic E-state index is 9.05. The number of methoxy groups -OCH3 is 2. The van der Waals surface area contributed by atoms with E-state index < -0.39 is 0 Å². The van der Waals surface area contributed by atoms with Crippen LogP contribution in [0.25, 0.3) is 10.9 Å². The summed E-state index contributed by atoms with van der Waals surface area (Å²) in [5.41, 5.74) is 2.19. The quantitative estimate of drug-likeness (QED) is 0.877. The van der Waals surface area contributed by atoms with E-state index in [1.54, 1.807) is 14.2 Å². The molecular weight excluding hydrogens is 218 g/mol. The van der Waals surface area contributed by atoms with Gasteiger partial charge in [-0.1, -0.05) is 0 Å². The summed E-state index contributed by atoms with van der Waals surface area (Å²) in [4.78, 5) is 0. The summed E-state index contributed by atoms with van der Waals surface area (Å²) < 4.78 is 12.6. The highest BCUT2D eigenvalue weighted by molar-refractivity contribution is 5.87. The van der Waals surface area contributed by atoms with E-state index in [1.807, 2.05) is 29.9 Å². The lowest BCUT2D eigenvalue weighted by molar-refractivity contribution is 0.300. The average molecular weight is 235 g/mol. The maximum absolute atomic E-state index is 9.05. The van der Waals surface area contributed by atoms with Gasteiger partial charge in [-0.15, -0.1) is 0 Å². The zero-order valence-corrected chi connectivity index (χ0v) is 10.4. The number of nitrogens with zero attached hydrogens (tertiary/aromatic N) is 1. The Morgan fingerprint density at radius 2 is 1.82 bits per heavy atom. The molecule has 4 nitrogen and oxygen atoms in total. The fraction of sp³-hybridized carbons (Fsp3) is 0.385. The molecule has 2 aromatic rings. The number of aromatic nitrogens is 1. The zero-order valence-electron chi connectivity index (χ0n) is 10.4. The molecule has 1 N–H and O–H groups in total. The van der Waals surface area contributed by atoms with Crippen molar-refractivity contribution >= 4 is 10.9 Å². The van der Waals surface area contributed by atoms with Gasteiger partial charge in [-0.05, 0) is 18.1 Å². The van der Waals surface area contributed by atoms with Crippen molar-refractivity contribution in [2.45, 2.75) is 6.42 Å². The number of hydrogen-bond acceptors (Lipinski definition) is 3. The Labute approximate surface area is 100 Å². The van der Waals surface area contributed by atoms with Gasteiger partial charge in [0.25, 0.3) is 0 Å². The number of rotatable bonds is 4. The van der Waals surface area contributed by atoms with Crippen LogP contribution in [0, 0.1) is 0 Å². The molecule has 17 heavy (non-hydrogen) atoms. The molecule has 0 atom stereocenters. The molecule has 2 rings (SSSR count). The summed E-state index contributed by atoms with van der Waals surface area (Å²) in [6, 6.07) is 3.91. The van der Waals surface area contributed by atoms with E-state index in [9.17, 15) is 0 Å². The van der Waals surface area contributed by atoms with Crippen LogP contribution in [0.4, 0.5) is 0 Å². The highest BCUT2D eigenvalue weighted by atomic mass is 16.5. The van der Waals surface area contributed by atoms with Gasteiger partial charge in [0.1, 0.15) is 0 Å². The van der Waals surface area contributed by atoms with Crippen molar-refractivity contribution in [1.29, 1.82) is 0 Å². The van der Waals surface area contributed by atoms with Gasteiger partial charge in [0.05, 0.1) is 19.7 Å². The van der Waals surface area contributed by atoms with Gasteiger partial charge in [0.2, 0.25) is 0 Å². The predicted molar refractivity (Wildman–Crippen MR) is 66.8 cm³/mol. The van der Waals surface area contributed by atoms with Crippen LogP contribution in [0.15, 0.2) is 18.3 Å². The molecule has 1 heterocycles. The van der Waals surface area contributed by atoms with Crippen molar-refractivity contribution in [2.75, 3.05) is 20.8 Å². The second kappa shape index (κ2) is 4.67. The smallest absolute Gasteiger partial charge is 0.162 e. The van der Waals surface area contributed by atoms with Crippen molar-refractivity contribution in [3.05, 3.63) is 23.9 Å².